The Kier molecular flexibility index (Phi) is 7.04. The predicted octanol–water partition coefficient (Wildman–Crippen LogP) is 2.91. The number of hydrogen-bond donors (Lipinski definition) is 2. The van der Waals surface area contributed by atoms with Gasteiger partial charge in [0.1, 0.15) is 5.82 Å². The summed E-state index contributed by atoms with van der Waals surface area (Å²) in [6.45, 7) is 3.80. The lowest BCUT2D eigenvalue weighted by molar-refractivity contribution is 0.599. The Bertz CT molecular complexity index is 613. The number of guanidine groups is 1. The lowest BCUT2D eigenvalue weighted by Gasteiger charge is -2.11. The molecule has 0 saturated carbocycles. The fraction of sp³-hybridized carbons (Fsp3) is 0.333. The largest absolute Gasteiger partial charge is 0.357 e. The van der Waals surface area contributed by atoms with Gasteiger partial charge < -0.3 is 10.6 Å². The van der Waals surface area contributed by atoms with Crippen molar-refractivity contribution in [2.24, 2.45) is 4.99 Å². The van der Waals surface area contributed by atoms with E-state index in [4.69, 9.17) is 0 Å². The number of benzene rings is 1. The Balaban J connectivity index is 1.81. The second kappa shape index (κ2) is 9.56. The molecule has 0 aliphatic carbocycles. The van der Waals surface area contributed by atoms with Crippen LogP contribution in [0.15, 0.2) is 53.7 Å². The van der Waals surface area contributed by atoms with E-state index in [1.807, 2.05) is 13.0 Å². The summed E-state index contributed by atoms with van der Waals surface area (Å²) in [7, 11) is 0. The van der Waals surface area contributed by atoms with Crippen LogP contribution < -0.4 is 10.6 Å². The molecule has 1 aromatic heterocycles. The third-order valence-electron chi connectivity index (χ3n) is 3.34. The van der Waals surface area contributed by atoms with Crippen LogP contribution in [0.25, 0.3) is 0 Å². The summed E-state index contributed by atoms with van der Waals surface area (Å²) in [4.78, 5) is 8.39. The number of hydrogen-bond acceptors (Lipinski definition) is 2. The van der Waals surface area contributed by atoms with E-state index in [0.29, 0.717) is 11.7 Å². The number of rotatable bonds is 7. The van der Waals surface area contributed by atoms with E-state index in [-0.39, 0.29) is 12.4 Å². The highest BCUT2D eigenvalue weighted by atomic mass is 19.1. The van der Waals surface area contributed by atoms with Gasteiger partial charge in [-0.25, -0.2) is 9.38 Å². The zero-order chi connectivity index (χ0) is 16.3. The Labute approximate surface area is 136 Å². The average molecular weight is 314 g/mol. The molecule has 2 N–H and O–H groups in total. The fourth-order valence-corrected chi connectivity index (χ4v) is 2.17. The van der Waals surface area contributed by atoms with E-state index in [1.165, 1.54) is 11.6 Å². The molecule has 23 heavy (non-hydrogen) atoms. The molecule has 5 heteroatoms. The summed E-state index contributed by atoms with van der Waals surface area (Å²) in [5.41, 5.74) is 1.68. The third-order valence-corrected chi connectivity index (χ3v) is 3.34. The van der Waals surface area contributed by atoms with Crippen molar-refractivity contribution in [2.45, 2.75) is 26.3 Å². The van der Waals surface area contributed by atoms with Crippen LogP contribution in [0, 0.1) is 5.82 Å². The molecule has 1 heterocycles. The van der Waals surface area contributed by atoms with Gasteiger partial charge >= 0.3 is 0 Å². The van der Waals surface area contributed by atoms with Crippen LogP contribution in [0.2, 0.25) is 0 Å². The van der Waals surface area contributed by atoms with Crippen LogP contribution in [0.1, 0.15) is 24.6 Å². The Hall–Kier alpha value is -2.43. The maximum Gasteiger partial charge on any atom is 0.191 e. The summed E-state index contributed by atoms with van der Waals surface area (Å²) in [5.74, 6) is 0.363. The first-order valence-corrected chi connectivity index (χ1v) is 7.95. The third kappa shape index (κ3) is 6.06. The topological polar surface area (TPSA) is 49.3 Å². The first kappa shape index (κ1) is 16.9. The first-order valence-electron chi connectivity index (χ1n) is 7.95. The number of nitrogens with zero attached hydrogens (tertiary/aromatic N) is 2. The van der Waals surface area contributed by atoms with Crippen LogP contribution in [0.5, 0.6) is 0 Å². The number of nitrogens with one attached hydrogen (secondary N) is 2. The number of aromatic nitrogens is 1. The molecule has 0 aliphatic heterocycles. The molecule has 0 fully saturated rings. The molecule has 4 nitrogen and oxygen atoms in total. The summed E-state index contributed by atoms with van der Waals surface area (Å²) in [5, 5.41) is 6.43. The zero-order valence-electron chi connectivity index (χ0n) is 13.4. The van der Waals surface area contributed by atoms with Crippen LogP contribution in [0.3, 0.4) is 0 Å². The monoisotopic (exact) mass is 314 g/mol. The molecule has 0 unspecified atom stereocenters. The lowest BCUT2D eigenvalue weighted by atomic mass is 10.1. The molecule has 0 spiro atoms. The average Bonchev–Trinajstić information content (AvgIpc) is 2.58. The minimum Gasteiger partial charge on any atom is -0.357 e. The van der Waals surface area contributed by atoms with Gasteiger partial charge in [-0.1, -0.05) is 30.3 Å². The highest BCUT2D eigenvalue weighted by molar-refractivity contribution is 5.79. The summed E-state index contributed by atoms with van der Waals surface area (Å²) < 4.78 is 13.5. The summed E-state index contributed by atoms with van der Waals surface area (Å²) in [6.07, 6.45) is 3.60. The highest BCUT2D eigenvalue weighted by Gasteiger charge is 2.02. The van der Waals surface area contributed by atoms with Crippen LogP contribution in [-0.2, 0) is 13.0 Å². The molecule has 0 bridgehead atoms. The van der Waals surface area contributed by atoms with Crippen molar-refractivity contribution in [3.05, 3.63) is 65.7 Å². The summed E-state index contributed by atoms with van der Waals surface area (Å²) in [6, 6.07) is 13.4. The van der Waals surface area contributed by atoms with Gasteiger partial charge in [0.25, 0.3) is 0 Å². The summed E-state index contributed by atoms with van der Waals surface area (Å²) >= 11 is 0. The number of aryl methyl sites for hydroxylation is 1. The van der Waals surface area contributed by atoms with Gasteiger partial charge in [0.2, 0.25) is 0 Å². The predicted molar refractivity (Wildman–Crippen MR) is 91.8 cm³/mol. The van der Waals surface area contributed by atoms with Crippen molar-refractivity contribution < 1.29 is 4.39 Å². The van der Waals surface area contributed by atoms with Gasteiger partial charge in [-0.3, -0.25) is 4.98 Å². The standard InChI is InChI=1S/C18H23FN4/c1-2-20-18(23-14-17-16(19)11-7-12-21-17)22-13-6-10-15-8-4-3-5-9-15/h3-5,7-9,11-12H,2,6,10,13-14H2,1H3,(H2,20,22,23). The smallest absolute Gasteiger partial charge is 0.191 e. The SMILES string of the molecule is CCNC(=NCc1ncccc1F)NCCCc1ccccc1. The van der Waals surface area contributed by atoms with Crippen molar-refractivity contribution >= 4 is 5.96 Å². The molecule has 122 valence electrons. The molecular formula is C18H23FN4. The Morgan fingerprint density at radius 3 is 2.70 bits per heavy atom. The Morgan fingerprint density at radius 2 is 1.96 bits per heavy atom. The van der Waals surface area contributed by atoms with Crippen LogP contribution in [-0.4, -0.2) is 24.0 Å². The van der Waals surface area contributed by atoms with Crippen molar-refractivity contribution in [3.8, 4) is 0 Å². The fourth-order valence-electron chi connectivity index (χ4n) is 2.17. The van der Waals surface area contributed by atoms with Crippen LogP contribution in [0.4, 0.5) is 4.39 Å². The van der Waals surface area contributed by atoms with Crippen molar-refractivity contribution in [1.82, 2.24) is 15.6 Å². The second-order valence-electron chi connectivity index (χ2n) is 5.14. The number of halogens is 1. The minimum absolute atomic E-state index is 0.223. The zero-order valence-corrected chi connectivity index (χ0v) is 13.4. The second-order valence-corrected chi connectivity index (χ2v) is 5.14. The molecular weight excluding hydrogens is 291 g/mol. The number of aliphatic imine (C=N–C) groups is 1. The van der Waals surface area contributed by atoms with E-state index in [2.05, 4.69) is 44.9 Å². The molecule has 0 amide bonds. The van der Waals surface area contributed by atoms with E-state index in [9.17, 15) is 4.39 Å². The van der Waals surface area contributed by atoms with E-state index in [0.717, 1.165) is 25.9 Å². The van der Waals surface area contributed by atoms with Gasteiger partial charge in [-0.15, -0.1) is 0 Å². The normalized spacial score (nSPS) is 11.3. The molecule has 0 saturated heterocycles. The molecule has 2 aromatic rings. The quantitative estimate of drug-likeness (QED) is 0.469. The van der Waals surface area contributed by atoms with Crippen molar-refractivity contribution in [1.29, 1.82) is 0 Å². The number of pyridine rings is 1. The van der Waals surface area contributed by atoms with E-state index >= 15 is 0 Å². The maximum absolute atomic E-state index is 13.5. The van der Waals surface area contributed by atoms with Gasteiger partial charge in [-0.2, -0.15) is 0 Å². The minimum atomic E-state index is -0.323. The van der Waals surface area contributed by atoms with Gasteiger partial charge in [0, 0.05) is 19.3 Å². The molecule has 1 aromatic carbocycles. The molecule has 0 aliphatic rings. The van der Waals surface area contributed by atoms with E-state index in [1.54, 1.807) is 12.3 Å². The lowest BCUT2D eigenvalue weighted by Crippen LogP contribution is -2.37. The van der Waals surface area contributed by atoms with Crippen LogP contribution >= 0.6 is 0 Å². The Morgan fingerprint density at radius 1 is 1.13 bits per heavy atom. The van der Waals surface area contributed by atoms with Gasteiger partial charge in [0.05, 0.1) is 12.2 Å². The van der Waals surface area contributed by atoms with Gasteiger partial charge in [-0.05, 0) is 37.5 Å². The molecule has 2 rings (SSSR count). The van der Waals surface area contributed by atoms with Crippen molar-refractivity contribution in [3.63, 3.8) is 0 Å². The first-order chi connectivity index (χ1) is 11.3. The van der Waals surface area contributed by atoms with E-state index < -0.39 is 0 Å². The maximum atomic E-state index is 13.5. The van der Waals surface area contributed by atoms with Crippen molar-refractivity contribution in [2.75, 3.05) is 13.1 Å². The highest BCUT2D eigenvalue weighted by Crippen LogP contribution is 2.04. The molecule has 0 radical (unpaired) electrons. The molecule has 0 atom stereocenters. The van der Waals surface area contributed by atoms with Gasteiger partial charge in [0.15, 0.2) is 5.96 Å².